The van der Waals surface area contributed by atoms with Crippen LogP contribution in [-0.2, 0) is 18.4 Å². The second-order valence-corrected chi connectivity index (χ2v) is 8.29. The molecular weight excluding hydrogens is 434 g/mol. The van der Waals surface area contributed by atoms with Gasteiger partial charge in [-0.25, -0.2) is 0 Å². The van der Waals surface area contributed by atoms with E-state index in [1.165, 1.54) is 11.8 Å². The van der Waals surface area contributed by atoms with Crippen molar-refractivity contribution in [1.29, 1.82) is 0 Å². The van der Waals surface area contributed by atoms with Crippen LogP contribution < -0.4 is 0 Å². The molecule has 0 aliphatic carbocycles. The maximum atomic E-state index is 12.6. The van der Waals surface area contributed by atoms with E-state index >= 15 is 0 Å². The zero-order valence-corrected chi connectivity index (χ0v) is 18.6. The SMILES string of the molecule is CN(Cc1ccc(-c2ccc(Cl)cc2)o1)C(=O)CSc1nnc(-c2ccncc2)n1C. The third-order valence-electron chi connectivity index (χ3n) is 4.71. The van der Waals surface area contributed by atoms with Crippen LogP contribution >= 0.6 is 23.4 Å². The molecule has 4 rings (SSSR count). The summed E-state index contributed by atoms with van der Waals surface area (Å²) in [7, 11) is 3.64. The van der Waals surface area contributed by atoms with E-state index < -0.39 is 0 Å². The Balaban J connectivity index is 1.34. The summed E-state index contributed by atoms with van der Waals surface area (Å²) >= 11 is 7.29. The Morgan fingerprint density at radius 2 is 1.81 bits per heavy atom. The predicted molar refractivity (Wildman–Crippen MR) is 121 cm³/mol. The monoisotopic (exact) mass is 453 g/mol. The average molecular weight is 454 g/mol. The molecule has 1 aromatic carbocycles. The van der Waals surface area contributed by atoms with Crippen LogP contribution in [0, 0.1) is 0 Å². The van der Waals surface area contributed by atoms with E-state index in [4.69, 9.17) is 16.0 Å². The van der Waals surface area contributed by atoms with E-state index in [2.05, 4.69) is 15.2 Å². The van der Waals surface area contributed by atoms with E-state index in [0.29, 0.717) is 22.5 Å². The molecule has 158 valence electrons. The number of amides is 1. The number of halogens is 1. The van der Waals surface area contributed by atoms with Crippen LogP contribution in [0.15, 0.2) is 70.5 Å². The van der Waals surface area contributed by atoms with Gasteiger partial charge in [0.15, 0.2) is 11.0 Å². The van der Waals surface area contributed by atoms with Gasteiger partial charge >= 0.3 is 0 Å². The summed E-state index contributed by atoms with van der Waals surface area (Å²) in [6.07, 6.45) is 3.42. The minimum Gasteiger partial charge on any atom is -0.459 e. The molecule has 0 aliphatic rings. The van der Waals surface area contributed by atoms with Crippen molar-refractivity contribution in [2.45, 2.75) is 11.7 Å². The zero-order valence-electron chi connectivity index (χ0n) is 17.0. The lowest BCUT2D eigenvalue weighted by molar-refractivity contribution is -0.127. The first-order valence-electron chi connectivity index (χ1n) is 9.52. The number of thioether (sulfide) groups is 1. The number of nitrogens with zero attached hydrogens (tertiary/aromatic N) is 5. The number of pyridine rings is 1. The summed E-state index contributed by atoms with van der Waals surface area (Å²) in [6, 6.07) is 15.0. The van der Waals surface area contributed by atoms with Gasteiger partial charge in [-0.2, -0.15) is 0 Å². The third-order valence-corrected chi connectivity index (χ3v) is 5.96. The second kappa shape index (κ2) is 9.36. The van der Waals surface area contributed by atoms with Crippen LogP contribution in [0.25, 0.3) is 22.7 Å². The summed E-state index contributed by atoms with van der Waals surface area (Å²) in [6.45, 7) is 0.383. The fourth-order valence-electron chi connectivity index (χ4n) is 2.98. The highest BCUT2D eigenvalue weighted by atomic mass is 35.5. The fourth-order valence-corrected chi connectivity index (χ4v) is 3.96. The average Bonchev–Trinajstić information content (AvgIpc) is 3.39. The van der Waals surface area contributed by atoms with Crippen LogP contribution in [0.5, 0.6) is 0 Å². The molecule has 3 aromatic heterocycles. The Morgan fingerprint density at radius 3 is 2.55 bits per heavy atom. The molecule has 9 heteroatoms. The number of hydrogen-bond donors (Lipinski definition) is 0. The Morgan fingerprint density at radius 1 is 1.06 bits per heavy atom. The lowest BCUT2D eigenvalue weighted by atomic mass is 10.2. The van der Waals surface area contributed by atoms with Gasteiger partial charge in [-0.1, -0.05) is 23.4 Å². The quantitative estimate of drug-likeness (QED) is 0.382. The molecule has 7 nitrogen and oxygen atoms in total. The van der Waals surface area contributed by atoms with Crippen LogP contribution in [0.4, 0.5) is 0 Å². The van der Waals surface area contributed by atoms with Crippen molar-refractivity contribution in [2.24, 2.45) is 7.05 Å². The van der Waals surface area contributed by atoms with Crippen molar-refractivity contribution in [3.8, 4) is 22.7 Å². The highest BCUT2D eigenvalue weighted by molar-refractivity contribution is 7.99. The van der Waals surface area contributed by atoms with Gasteiger partial charge in [-0.15, -0.1) is 10.2 Å². The number of carbonyl (C=O) groups is 1. The van der Waals surface area contributed by atoms with Crippen LogP contribution in [0.3, 0.4) is 0 Å². The van der Waals surface area contributed by atoms with Crippen LogP contribution in [0.2, 0.25) is 5.02 Å². The first-order chi connectivity index (χ1) is 15.0. The number of benzene rings is 1. The van der Waals surface area contributed by atoms with Gasteiger partial charge in [0.25, 0.3) is 0 Å². The topological polar surface area (TPSA) is 77.1 Å². The molecular formula is C22H20ClN5O2S. The van der Waals surface area contributed by atoms with Crippen molar-refractivity contribution >= 4 is 29.3 Å². The minimum absolute atomic E-state index is 0.0251. The van der Waals surface area contributed by atoms with Crippen molar-refractivity contribution in [2.75, 3.05) is 12.8 Å². The molecule has 0 saturated heterocycles. The Kier molecular flexibility index (Phi) is 6.39. The molecule has 0 N–H and O–H groups in total. The second-order valence-electron chi connectivity index (χ2n) is 6.91. The van der Waals surface area contributed by atoms with Crippen molar-refractivity contribution in [1.82, 2.24) is 24.6 Å². The number of furan rings is 1. The molecule has 31 heavy (non-hydrogen) atoms. The van der Waals surface area contributed by atoms with E-state index in [1.54, 1.807) is 24.3 Å². The third kappa shape index (κ3) is 4.98. The molecule has 0 atom stereocenters. The highest BCUT2D eigenvalue weighted by Gasteiger charge is 2.16. The Labute approximate surface area is 189 Å². The van der Waals surface area contributed by atoms with Gasteiger partial charge in [-0.05, 0) is 48.5 Å². The number of aromatic nitrogens is 4. The molecule has 4 aromatic rings. The van der Waals surface area contributed by atoms with Crippen molar-refractivity contribution in [3.63, 3.8) is 0 Å². The normalized spacial score (nSPS) is 10.9. The van der Waals surface area contributed by atoms with Gasteiger partial charge in [0.2, 0.25) is 5.91 Å². The van der Waals surface area contributed by atoms with Crippen LogP contribution in [0.1, 0.15) is 5.76 Å². The number of carbonyl (C=O) groups excluding carboxylic acids is 1. The molecule has 3 heterocycles. The lowest BCUT2D eigenvalue weighted by Crippen LogP contribution is -2.27. The maximum absolute atomic E-state index is 12.6. The van der Waals surface area contributed by atoms with E-state index in [-0.39, 0.29) is 11.7 Å². The Hall–Kier alpha value is -3.10. The van der Waals surface area contributed by atoms with E-state index in [0.717, 1.165) is 22.7 Å². The molecule has 0 radical (unpaired) electrons. The molecule has 0 unspecified atom stereocenters. The highest BCUT2D eigenvalue weighted by Crippen LogP contribution is 2.25. The van der Waals surface area contributed by atoms with Gasteiger partial charge in [0, 0.05) is 42.6 Å². The van der Waals surface area contributed by atoms with Crippen molar-refractivity contribution < 1.29 is 9.21 Å². The maximum Gasteiger partial charge on any atom is 0.233 e. The van der Waals surface area contributed by atoms with Gasteiger partial charge in [0.05, 0.1) is 12.3 Å². The van der Waals surface area contributed by atoms with E-state index in [1.807, 2.05) is 60.1 Å². The number of rotatable bonds is 7. The summed E-state index contributed by atoms with van der Waals surface area (Å²) in [5.74, 6) is 2.41. The molecule has 1 amide bonds. The summed E-state index contributed by atoms with van der Waals surface area (Å²) in [5.41, 5.74) is 1.86. The van der Waals surface area contributed by atoms with Gasteiger partial charge < -0.3 is 13.9 Å². The minimum atomic E-state index is -0.0251. The zero-order chi connectivity index (χ0) is 21.8. The van der Waals surface area contributed by atoms with Crippen LogP contribution in [-0.4, -0.2) is 43.4 Å². The fraction of sp³-hybridized carbons (Fsp3) is 0.182. The number of hydrogen-bond acceptors (Lipinski definition) is 6. The summed E-state index contributed by atoms with van der Waals surface area (Å²) < 4.78 is 7.76. The molecule has 0 fully saturated rings. The summed E-state index contributed by atoms with van der Waals surface area (Å²) in [4.78, 5) is 18.3. The summed E-state index contributed by atoms with van der Waals surface area (Å²) in [5, 5.41) is 9.79. The molecule has 0 bridgehead atoms. The first kappa shape index (κ1) is 21.1. The van der Waals surface area contributed by atoms with Gasteiger partial charge in [0.1, 0.15) is 11.5 Å². The Bertz CT molecular complexity index is 1170. The molecule has 0 aliphatic heterocycles. The lowest BCUT2D eigenvalue weighted by Gasteiger charge is -2.15. The first-order valence-corrected chi connectivity index (χ1v) is 10.9. The van der Waals surface area contributed by atoms with Crippen molar-refractivity contribution in [3.05, 3.63) is 71.7 Å². The van der Waals surface area contributed by atoms with Gasteiger partial charge in [-0.3, -0.25) is 9.78 Å². The van der Waals surface area contributed by atoms with E-state index in [9.17, 15) is 4.79 Å². The predicted octanol–water partition coefficient (Wildman–Crippen LogP) is 4.54. The smallest absolute Gasteiger partial charge is 0.233 e. The molecule has 0 spiro atoms. The largest absolute Gasteiger partial charge is 0.459 e. The molecule has 0 saturated carbocycles. The standard InChI is InChI=1S/C22H20ClN5O2S/c1-27(13-18-7-8-19(30-18)15-3-5-17(23)6-4-15)20(29)14-31-22-26-25-21(28(22)2)16-9-11-24-12-10-16/h3-12H,13-14H2,1-2H3.